The van der Waals surface area contributed by atoms with Gasteiger partial charge in [0.05, 0.1) is 17.1 Å². The summed E-state index contributed by atoms with van der Waals surface area (Å²) in [4.78, 5) is -0.231. The van der Waals surface area contributed by atoms with Crippen molar-refractivity contribution in [3.05, 3.63) is 41.5 Å². The molecule has 2 rings (SSSR count). The van der Waals surface area contributed by atoms with Gasteiger partial charge in [0, 0.05) is 11.8 Å². The molecule has 8 heteroatoms. The van der Waals surface area contributed by atoms with Crippen molar-refractivity contribution in [1.82, 2.24) is 9.88 Å². The van der Waals surface area contributed by atoms with Crippen LogP contribution < -0.4 is 10.5 Å². The molecule has 0 amide bonds. The first-order valence-electron chi connectivity index (χ1n) is 5.35. The Morgan fingerprint density at radius 3 is 2.68 bits per heavy atom. The second kappa shape index (κ2) is 4.98. The summed E-state index contributed by atoms with van der Waals surface area (Å²) in [5.41, 5.74) is 5.88. The molecule has 1 aromatic heterocycles. The van der Waals surface area contributed by atoms with Crippen LogP contribution in [0.2, 0.25) is 0 Å². The second-order valence-electron chi connectivity index (χ2n) is 3.97. The maximum atomic E-state index is 13.1. The summed E-state index contributed by atoms with van der Waals surface area (Å²) >= 11 is 0. The molecule has 0 unspecified atom stereocenters. The van der Waals surface area contributed by atoms with E-state index in [1.165, 1.54) is 6.07 Å². The summed E-state index contributed by atoms with van der Waals surface area (Å²) in [5, 5.41) is 3.65. The summed E-state index contributed by atoms with van der Waals surface area (Å²) in [6.45, 7) is 1.65. The van der Waals surface area contributed by atoms with Gasteiger partial charge in [-0.3, -0.25) is 0 Å². The summed E-state index contributed by atoms with van der Waals surface area (Å²) in [6, 6.07) is 4.72. The van der Waals surface area contributed by atoms with Crippen LogP contribution in [0.4, 0.5) is 10.1 Å². The van der Waals surface area contributed by atoms with Gasteiger partial charge in [-0.15, -0.1) is 0 Å². The third-order valence-electron chi connectivity index (χ3n) is 2.32. The highest BCUT2D eigenvalue weighted by Crippen LogP contribution is 2.16. The molecule has 1 aromatic carbocycles. The van der Waals surface area contributed by atoms with Gasteiger partial charge < -0.3 is 10.3 Å². The van der Waals surface area contributed by atoms with Crippen molar-refractivity contribution < 1.29 is 17.3 Å². The number of nitrogens with two attached hydrogens (primary N) is 1. The molecule has 0 atom stereocenters. The predicted molar refractivity (Wildman–Crippen MR) is 66.1 cm³/mol. The Bertz CT molecular complexity index is 677. The number of sulfonamides is 1. The van der Waals surface area contributed by atoms with Crippen LogP contribution in [0, 0.1) is 12.7 Å². The fraction of sp³-hybridized carbons (Fsp3) is 0.182. The van der Waals surface area contributed by atoms with Crippen molar-refractivity contribution in [2.75, 3.05) is 5.73 Å². The lowest BCUT2D eigenvalue weighted by atomic mass is 10.3. The van der Waals surface area contributed by atoms with Gasteiger partial charge in [0.1, 0.15) is 11.6 Å². The molecule has 2 aromatic rings. The first-order valence-corrected chi connectivity index (χ1v) is 6.83. The Hall–Kier alpha value is -1.93. The highest BCUT2D eigenvalue weighted by atomic mass is 32.2. The molecule has 0 aliphatic carbocycles. The smallest absolute Gasteiger partial charge is 0.241 e. The van der Waals surface area contributed by atoms with E-state index in [-0.39, 0.29) is 17.1 Å². The summed E-state index contributed by atoms with van der Waals surface area (Å²) in [7, 11) is -3.85. The molecule has 0 bridgehead atoms. The molecule has 0 spiro atoms. The first kappa shape index (κ1) is 13.5. The largest absolute Gasteiger partial charge is 0.399 e. The minimum absolute atomic E-state index is 0.0395. The number of nitrogen functional groups attached to an aromatic ring is 1. The number of rotatable bonds is 4. The van der Waals surface area contributed by atoms with E-state index in [9.17, 15) is 12.8 Å². The molecule has 6 nitrogen and oxygen atoms in total. The van der Waals surface area contributed by atoms with Gasteiger partial charge >= 0.3 is 0 Å². The normalized spacial score (nSPS) is 11.7. The number of hydrogen-bond donors (Lipinski definition) is 2. The van der Waals surface area contributed by atoms with Gasteiger partial charge in [0.15, 0.2) is 0 Å². The number of aromatic nitrogens is 1. The van der Waals surface area contributed by atoms with Gasteiger partial charge in [-0.1, -0.05) is 5.16 Å². The lowest BCUT2D eigenvalue weighted by Gasteiger charge is -2.06. The summed E-state index contributed by atoms with van der Waals surface area (Å²) in [5.74, 6) is -0.137. The zero-order chi connectivity index (χ0) is 14.0. The van der Waals surface area contributed by atoms with Gasteiger partial charge in [-0.25, -0.2) is 17.5 Å². The standard InChI is InChI=1S/C11H12FN3O3S/c1-7-2-10(15-18-7)6-14-19(16,17)11-4-8(12)3-9(13)5-11/h2-5,14H,6,13H2,1H3. The van der Waals surface area contributed by atoms with E-state index in [2.05, 4.69) is 9.88 Å². The molecule has 0 fully saturated rings. The molecular weight excluding hydrogens is 273 g/mol. The van der Waals surface area contributed by atoms with E-state index in [1.807, 2.05) is 0 Å². The lowest BCUT2D eigenvalue weighted by molar-refractivity contribution is 0.390. The van der Waals surface area contributed by atoms with Crippen LogP contribution in [-0.4, -0.2) is 13.6 Å². The Labute approximate surface area is 109 Å². The number of nitrogens with one attached hydrogen (secondary N) is 1. The van der Waals surface area contributed by atoms with E-state index in [0.717, 1.165) is 12.1 Å². The quantitative estimate of drug-likeness (QED) is 0.822. The molecule has 1 heterocycles. The van der Waals surface area contributed by atoms with Crippen LogP contribution in [0.5, 0.6) is 0 Å². The second-order valence-corrected chi connectivity index (χ2v) is 5.74. The zero-order valence-electron chi connectivity index (χ0n) is 10.1. The third kappa shape index (κ3) is 3.30. The summed E-state index contributed by atoms with van der Waals surface area (Å²) in [6.07, 6.45) is 0. The van der Waals surface area contributed by atoms with E-state index >= 15 is 0 Å². The van der Waals surface area contributed by atoms with Crippen LogP contribution in [-0.2, 0) is 16.6 Å². The molecule has 19 heavy (non-hydrogen) atoms. The topological polar surface area (TPSA) is 98.2 Å². The Morgan fingerprint density at radius 2 is 2.11 bits per heavy atom. The maximum Gasteiger partial charge on any atom is 0.241 e. The molecule has 3 N–H and O–H groups in total. The number of benzene rings is 1. The Kier molecular flexibility index (Phi) is 3.54. The average molecular weight is 285 g/mol. The predicted octanol–water partition coefficient (Wildman–Crippen LogP) is 1.18. The van der Waals surface area contributed by atoms with E-state index in [4.69, 9.17) is 10.3 Å². The minimum Gasteiger partial charge on any atom is -0.399 e. The highest BCUT2D eigenvalue weighted by molar-refractivity contribution is 7.89. The van der Waals surface area contributed by atoms with Crippen molar-refractivity contribution in [1.29, 1.82) is 0 Å². The van der Waals surface area contributed by atoms with Gasteiger partial charge in [-0.2, -0.15) is 0 Å². The number of halogens is 1. The van der Waals surface area contributed by atoms with Crippen molar-refractivity contribution in [3.8, 4) is 0 Å². The van der Waals surface area contributed by atoms with E-state index in [1.54, 1.807) is 13.0 Å². The zero-order valence-corrected chi connectivity index (χ0v) is 10.9. The number of hydrogen-bond acceptors (Lipinski definition) is 5. The minimum atomic E-state index is -3.85. The van der Waals surface area contributed by atoms with Crippen molar-refractivity contribution >= 4 is 15.7 Å². The van der Waals surface area contributed by atoms with Crippen molar-refractivity contribution in [2.45, 2.75) is 18.4 Å². The Balaban J connectivity index is 2.18. The van der Waals surface area contributed by atoms with E-state index in [0.29, 0.717) is 11.5 Å². The molecule has 0 aliphatic rings. The molecular formula is C11H12FN3O3S. The van der Waals surface area contributed by atoms with Crippen molar-refractivity contribution in [2.24, 2.45) is 0 Å². The van der Waals surface area contributed by atoms with Crippen molar-refractivity contribution in [3.63, 3.8) is 0 Å². The van der Waals surface area contributed by atoms with Gasteiger partial charge in [-0.05, 0) is 25.1 Å². The van der Waals surface area contributed by atoms with Crippen LogP contribution in [0.15, 0.2) is 33.7 Å². The molecule has 0 saturated heterocycles. The number of aryl methyl sites for hydroxylation is 1. The molecule has 0 radical (unpaired) electrons. The van der Waals surface area contributed by atoms with Crippen LogP contribution in [0.25, 0.3) is 0 Å². The van der Waals surface area contributed by atoms with Gasteiger partial charge in [0.2, 0.25) is 10.0 Å². The van der Waals surface area contributed by atoms with Gasteiger partial charge in [0.25, 0.3) is 0 Å². The molecule has 0 saturated carbocycles. The molecule has 0 aliphatic heterocycles. The average Bonchev–Trinajstić information content (AvgIpc) is 2.71. The third-order valence-corrected chi connectivity index (χ3v) is 3.70. The van der Waals surface area contributed by atoms with E-state index < -0.39 is 15.8 Å². The number of anilines is 1. The van der Waals surface area contributed by atoms with Crippen LogP contribution in [0.1, 0.15) is 11.5 Å². The lowest BCUT2D eigenvalue weighted by Crippen LogP contribution is -2.23. The first-order chi connectivity index (χ1) is 8.87. The molecule has 102 valence electrons. The SMILES string of the molecule is Cc1cc(CNS(=O)(=O)c2cc(N)cc(F)c2)no1. The highest BCUT2D eigenvalue weighted by Gasteiger charge is 2.16. The Morgan fingerprint density at radius 1 is 1.37 bits per heavy atom. The van der Waals surface area contributed by atoms with Crippen LogP contribution in [0.3, 0.4) is 0 Å². The fourth-order valence-electron chi connectivity index (χ4n) is 1.49. The monoisotopic (exact) mass is 285 g/mol. The summed E-state index contributed by atoms with van der Waals surface area (Å²) < 4.78 is 44.1. The maximum absolute atomic E-state index is 13.1. The fourth-order valence-corrected chi connectivity index (χ4v) is 2.56. The van der Waals surface area contributed by atoms with Crippen LogP contribution >= 0.6 is 0 Å². The number of nitrogens with zero attached hydrogens (tertiary/aromatic N) is 1.